The van der Waals surface area contributed by atoms with Gasteiger partial charge in [-0.15, -0.1) is 11.6 Å². The van der Waals surface area contributed by atoms with Crippen LogP contribution in [0.2, 0.25) is 0 Å². The van der Waals surface area contributed by atoms with Crippen LogP contribution in [0.3, 0.4) is 0 Å². The first kappa shape index (κ1) is 13.4. The maximum atomic E-state index is 5.82. The summed E-state index contributed by atoms with van der Waals surface area (Å²) in [5.74, 6) is 1.31. The normalized spacial score (nSPS) is 11.2. The van der Waals surface area contributed by atoms with Crippen LogP contribution in [-0.2, 0) is 12.3 Å². The van der Waals surface area contributed by atoms with Gasteiger partial charge in [0.2, 0.25) is 0 Å². The molecule has 0 aliphatic rings. The van der Waals surface area contributed by atoms with E-state index in [0.29, 0.717) is 5.88 Å². The van der Waals surface area contributed by atoms with Gasteiger partial charge in [0.15, 0.2) is 0 Å². The van der Waals surface area contributed by atoms with Gasteiger partial charge in [-0.3, -0.25) is 0 Å². The third-order valence-electron chi connectivity index (χ3n) is 3.33. The Labute approximate surface area is 114 Å². The van der Waals surface area contributed by atoms with E-state index in [1.165, 1.54) is 43.2 Å². The number of alkyl halides is 1. The second-order valence-corrected chi connectivity index (χ2v) is 5.06. The molecular formula is C15H21ClN2. The zero-order valence-corrected chi connectivity index (χ0v) is 11.8. The SMILES string of the molecule is CCCCCCCc1cccc2nc(CCl)[nH]c12. The molecule has 0 aliphatic carbocycles. The van der Waals surface area contributed by atoms with E-state index >= 15 is 0 Å². The number of nitrogens with zero attached hydrogens (tertiary/aromatic N) is 1. The molecule has 18 heavy (non-hydrogen) atoms. The molecule has 0 amide bonds. The minimum atomic E-state index is 0.449. The highest BCUT2D eigenvalue weighted by Crippen LogP contribution is 2.19. The van der Waals surface area contributed by atoms with Crippen molar-refractivity contribution in [2.24, 2.45) is 0 Å². The molecule has 0 fully saturated rings. The largest absolute Gasteiger partial charge is 0.341 e. The van der Waals surface area contributed by atoms with Gasteiger partial charge in [0.1, 0.15) is 5.82 Å². The van der Waals surface area contributed by atoms with Gasteiger partial charge in [-0.2, -0.15) is 0 Å². The number of hydrogen-bond acceptors (Lipinski definition) is 1. The second-order valence-electron chi connectivity index (χ2n) is 4.79. The maximum Gasteiger partial charge on any atom is 0.122 e. The Kier molecular flexibility index (Phi) is 5.06. The Morgan fingerprint density at radius 2 is 2.00 bits per heavy atom. The number of aromatic nitrogens is 2. The number of para-hydroxylation sites is 1. The third-order valence-corrected chi connectivity index (χ3v) is 3.58. The van der Waals surface area contributed by atoms with E-state index in [9.17, 15) is 0 Å². The van der Waals surface area contributed by atoms with Gasteiger partial charge in [0.25, 0.3) is 0 Å². The summed E-state index contributed by atoms with van der Waals surface area (Å²) in [6.07, 6.45) is 7.71. The lowest BCUT2D eigenvalue weighted by Crippen LogP contribution is -1.88. The molecule has 2 aromatic rings. The van der Waals surface area contributed by atoms with Crippen molar-refractivity contribution in [2.45, 2.75) is 51.3 Å². The summed E-state index contributed by atoms with van der Waals surface area (Å²) in [4.78, 5) is 7.78. The fourth-order valence-corrected chi connectivity index (χ4v) is 2.46. The Bertz CT molecular complexity index is 490. The Morgan fingerprint density at radius 3 is 2.78 bits per heavy atom. The second kappa shape index (κ2) is 6.79. The molecule has 98 valence electrons. The highest BCUT2D eigenvalue weighted by molar-refractivity contribution is 6.16. The molecule has 0 saturated carbocycles. The third kappa shape index (κ3) is 3.26. The first-order valence-electron chi connectivity index (χ1n) is 6.87. The first-order valence-corrected chi connectivity index (χ1v) is 7.41. The fourth-order valence-electron chi connectivity index (χ4n) is 2.33. The topological polar surface area (TPSA) is 28.7 Å². The number of aromatic amines is 1. The summed E-state index contributed by atoms with van der Waals surface area (Å²) in [5, 5.41) is 0. The van der Waals surface area contributed by atoms with Crippen LogP contribution in [0.5, 0.6) is 0 Å². The van der Waals surface area contributed by atoms with Crippen molar-refractivity contribution < 1.29 is 0 Å². The molecule has 0 unspecified atom stereocenters. The van der Waals surface area contributed by atoms with Crippen LogP contribution >= 0.6 is 11.6 Å². The quantitative estimate of drug-likeness (QED) is 0.564. The van der Waals surface area contributed by atoms with Crippen molar-refractivity contribution in [1.82, 2.24) is 9.97 Å². The van der Waals surface area contributed by atoms with Crippen molar-refractivity contribution in [1.29, 1.82) is 0 Å². The Balaban J connectivity index is 2.01. The fraction of sp³-hybridized carbons (Fsp3) is 0.533. The summed E-state index contributed by atoms with van der Waals surface area (Å²) in [7, 11) is 0. The van der Waals surface area contributed by atoms with E-state index < -0.39 is 0 Å². The molecule has 1 heterocycles. The molecule has 0 saturated heterocycles. The van der Waals surface area contributed by atoms with E-state index in [-0.39, 0.29) is 0 Å². The van der Waals surface area contributed by atoms with Crippen LogP contribution in [-0.4, -0.2) is 9.97 Å². The molecule has 1 aromatic carbocycles. The van der Waals surface area contributed by atoms with Crippen LogP contribution in [0.15, 0.2) is 18.2 Å². The zero-order valence-electron chi connectivity index (χ0n) is 11.0. The summed E-state index contributed by atoms with van der Waals surface area (Å²) in [6, 6.07) is 6.32. The zero-order chi connectivity index (χ0) is 12.8. The number of hydrogen-bond donors (Lipinski definition) is 1. The van der Waals surface area contributed by atoms with Gasteiger partial charge in [0.05, 0.1) is 16.9 Å². The van der Waals surface area contributed by atoms with Crippen LogP contribution in [0.1, 0.15) is 50.4 Å². The molecular weight excluding hydrogens is 244 g/mol. The number of unbranched alkanes of at least 4 members (excludes halogenated alkanes) is 4. The van der Waals surface area contributed by atoms with Crippen molar-refractivity contribution >= 4 is 22.6 Å². The first-order chi connectivity index (χ1) is 8.85. The average molecular weight is 265 g/mol. The molecule has 1 aromatic heterocycles. The molecule has 2 nitrogen and oxygen atoms in total. The number of nitrogens with one attached hydrogen (secondary N) is 1. The van der Waals surface area contributed by atoms with Crippen molar-refractivity contribution in [3.8, 4) is 0 Å². The lowest BCUT2D eigenvalue weighted by Gasteiger charge is -2.02. The molecule has 2 rings (SSSR count). The summed E-state index contributed by atoms with van der Waals surface area (Å²) in [5.41, 5.74) is 3.58. The predicted octanol–water partition coefficient (Wildman–Crippen LogP) is 4.81. The number of aryl methyl sites for hydroxylation is 1. The molecule has 0 spiro atoms. The van der Waals surface area contributed by atoms with Crippen LogP contribution in [0.4, 0.5) is 0 Å². The van der Waals surface area contributed by atoms with Gasteiger partial charge < -0.3 is 4.98 Å². The van der Waals surface area contributed by atoms with Gasteiger partial charge in [-0.25, -0.2) is 4.98 Å². The molecule has 0 atom stereocenters. The van der Waals surface area contributed by atoms with E-state index in [1.807, 2.05) is 6.07 Å². The maximum absolute atomic E-state index is 5.82. The number of imidazole rings is 1. The van der Waals surface area contributed by atoms with Gasteiger partial charge in [-0.1, -0.05) is 44.7 Å². The Morgan fingerprint density at radius 1 is 1.17 bits per heavy atom. The van der Waals surface area contributed by atoms with Gasteiger partial charge in [-0.05, 0) is 24.5 Å². The summed E-state index contributed by atoms with van der Waals surface area (Å²) < 4.78 is 0. The average Bonchev–Trinajstić information content (AvgIpc) is 2.82. The van der Waals surface area contributed by atoms with Crippen molar-refractivity contribution in [2.75, 3.05) is 0 Å². The van der Waals surface area contributed by atoms with E-state index in [1.54, 1.807) is 0 Å². The minimum absolute atomic E-state index is 0.449. The molecule has 1 N–H and O–H groups in total. The summed E-state index contributed by atoms with van der Waals surface area (Å²) >= 11 is 5.82. The van der Waals surface area contributed by atoms with Gasteiger partial charge >= 0.3 is 0 Å². The molecule has 0 aliphatic heterocycles. The number of halogens is 1. The van der Waals surface area contributed by atoms with Crippen LogP contribution in [0, 0.1) is 0 Å². The molecule has 0 bridgehead atoms. The summed E-state index contributed by atoms with van der Waals surface area (Å²) in [6.45, 7) is 2.25. The van der Waals surface area contributed by atoms with E-state index in [2.05, 4.69) is 29.0 Å². The lowest BCUT2D eigenvalue weighted by molar-refractivity contribution is 0.633. The van der Waals surface area contributed by atoms with Gasteiger partial charge in [0, 0.05) is 0 Å². The highest BCUT2D eigenvalue weighted by atomic mass is 35.5. The van der Waals surface area contributed by atoms with Crippen LogP contribution < -0.4 is 0 Å². The van der Waals surface area contributed by atoms with E-state index in [0.717, 1.165) is 17.8 Å². The standard InChI is InChI=1S/C15H21ClN2/c1-2-3-4-5-6-8-12-9-7-10-13-15(12)18-14(11-16)17-13/h7,9-10H,2-6,8,11H2,1H3,(H,17,18). The highest BCUT2D eigenvalue weighted by Gasteiger charge is 2.06. The molecule has 0 radical (unpaired) electrons. The number of benzene rings is 1. The lowest BCUT2D eigenvalue weighted by atomic mass is 10.0. The van der Waals surface area contributed by atoms with Crippen molar-refractivity contribution in [3.63, 3.8) is 0 Å². The molecule has 3 heteroatoms. The van der Waals surface area contributed by atoms with Crippen LogP contribution in [0.25, 0.3) is 11.0 Å². The Hall–Kier alpha value is -1.02. The predicted molar refractivity (Wildman–Crippen MR) is 78.1 cm³/mol. The number of fused-ring (bicyclic) bond motifs is 1. The number of H-pyrrole nitrogens is 1. The van der Waals surface area contributed by atoms with Crippen molar-refractivity contribution in [3.05, 3.63) is 29.6 Å². The number of rotatable bonds is 7. The minimum Gasteiger partial charge on any atom is -0.341 e. The van der Waals surface area contributed by atoms with E-state index in [4.69, 9.17) is 11.6 Å². The smallest absolute Gasteiger partial charge is 0.122 e. The monoisotopic (exact) mass is 264 g/mol.